The van der Waals surface area contributed by atoms with Crippen molar-refractivity contribution in [3.8, 4) is 0 Å². The van der Waals surface area contributed by atoms with Crippen molar-refractivity contribution in [3.63, 3.8) is 0 Å². The molecule has 10 heteroatoms. The minimum atomic E-state index is -3.97. The highest BCUT2D eigenvalue weighted by atomic mass is 35.5. The molecule has 0 aliphatic rings. The van der Waals surface area contributed by atoms with E-state index in [1.807, 2.05) is 0 Å². The van der Waals surface area contributed by atoms with Crippen LogP contribution in [0.1, 0.15) is 12.2 Å². The molecular formula is C13H11ClF2N4O2S. The van der Waals surface area contributed by atoms with Gasteiger partial charge in [0.2, 0.25) is 0 Å². The van der Waals surface area contributed by atoms with Crippen LogP contribution in [0.25, 0.3) is 10.9 Å². The number of hydrogen-bond donors (Lipinski definition) is 2. The molecule has 2 aromatic heterocycles. The van der Waals surface area contributed by atoms with Gasteiger partial charge in [0.1, 0.15) is 4.90 Å². The van der Waals surface area contributed by atoms with E-state index in [0.717, 1.165) is 6.20 Å². The van der Waals surface area contributed by atoms with E-state index in [1.54, 1.807) is 18.2 Å². The van der Waals surface area contributed by atoms with Gasteiger partial charge in [-0.2, -0.15) is 13.9 Å². The number of sulfonamides is 1. The minimum absolute atomic E-state index is 0.00591. The molecular weight excluding hydrogens is 350 g/mol. The van der Waals surface area contributed by atoms with Crippen LogP contribution >= 0.6 is 11.6 Å². The van der Waals surface area contributed by atoms with Crippen LogP contribution in [0.5, 0.6) is 0 Å². The van der Waals surface area contributed by atoms with Crippen LogP contribution < -0.4 is 4.72 Å². The number of alkyl halides is 2. The van der Waals surface area contributed by atoms with E-state index in [4.69, 9.17) is 11.6 Å². The first-order valence-electron chi connectivity index (χ1n) is 6.41. The van der Waals surface area contributed by atoms with Crippen molar-refractivity contribution >= 4 is 38.2 Å². The highest BCUT2D eigenvalue weighted by Crippen LogP contribution is 2.28. The largest absolute Gasteiger partial charge is 0.360 e. The van der Waals surface area contributed by atoms with Gasteiger partial charge in [-0.1, -0.05) is 11.6 Å². The zero-order chi connectivity index (χ0) is 16.8. The molecule has 2 N–H and O–H groups in total. The zero-order valence-electron chi connectivity index (χ0n) is 11.7. The number of nitrogens with zero attached hydrogens (tertiary/aromatic N) is 2. The van der Waals surface area contributed by atoms with E-state index in [9.17, 15) is 17.2 Å². The summed E-state index contributed by atoms with van der Waals surface area (Å²) in [5, 5.41) is 4.47. The number of benzene rings is 1. The number of rotatable bonds is 4. The number of fused-ring (bicyclic) bond motifs is 1. The Morgan fingerprint density at radius 1 is 1.39 bits per heavy atom. The number of H-pyrrole nitrogens is 1. The van der Waals surface area contributed by atoms with E-state index in [1.165, 1.54) is 13.1 Å². The highest BCUT2D eigenvalue weighted by Gasteiger charge is 2.22. The summed E-state index contributed by atoms with van der Waals surface area (Å²) in [6, 6.07) is 4.73. The average molecular weight is 361 g/mol. The van der Waals surface area contributed by atoms with E-state index in [-0.39, 0.29) is 16.3 Å². The number of hydrogen-bond acceptors (Lipinski definition) is 3. The van der Waals surface area contributed by atoms with Crippen LogP contribution in [0.15, 0.2) is 35.5 Å². The SMILES string of the molecule is Cc1nn(C(F)F)cc1NS(=O)(=O)c1c[nH]c2cc(Cl)ccc12. The van der Waals surface area contributed by atoms with E-state index in [2.05, 4.69) is 14.8 Å². The lowest BCUT2D eigenvalue weighted by molar-refractivity contribution is 0.0563. The van der Waals surface area contributed by atoms with Crippen LogP contribution in [0.3, 0.4) is 0 Å². The molecule has 0 radical (unpaired) electrons. The lowest BCUT2D eigenvalue weighted by Gasteiger charge is -2.05. The summed E-state index contributed by atoms with van der Waals surface area (Å²) >= 11 is 5.86. The van der Waals surface area contributed by atoms with Crippen molar-refractivity contribution in [2.75, 3.05) is 4.72 Å². The van der Waals surface area contributed by atoms with Crippen molar-refractivity contribution in [1.29, 1.82) is 0 Å². The molecule has 1 aromatic carbocycles. The molecule has 0 bridgehead atoms. The fourth-order valence-electron chi connectivity index (χ4n) is 2.18. The molecule has 122 valence electrons. The molecule has 0 atom stereocenters. The number of nitrogens with one attached hydrogen (secondary N) is 2. The molecule has 6 nitrogen and oxygen atoms in total. The van der Waals surface area contributed by atoms with Gasteiger partial charge in [-0.25, -0.2) is 13.1 Å². The number of halogens is 3. The van der Waals surface area contributed by atoms with Gasteiger partial charge in [-0.3, -0.25) is 4.72 Å². The van der Waals surface area contributed by atoms with E-state index in [0.29, 0.717) is 20.6 Å². The molecule has 0 saturated carbocycles. The molecule has 0 aliphatic heterocycles. The summed E-state index contributed by atoms with van der Waals surface area (Å²) in [4.78, 5) is 2.81. The Bertz CT molecular complexity index is 981. The van der Waals surface area contributed by atoms with Gasteiger partial charge in [0.15, 0.2) is 0 Å². The van der Waals surface area contributed by atoms with Gasteiger partial charge >= 0.3 is 6.55 Å². The van der Waals surface area contributed by atoms with Crippen LogP contribution in [0.4, 0.5) is 14.5 Å². The van der Waals surface area contributed by atoms with Crippen LogP contribution in [0, 0.1) is 6.92 Å². The zero-order valence-corrected chi connectivity index (χ0v) is 13.3. The van der Waals surface area contributed by atoms with Crippen molar-refractivity contribution in [2.24, 2.45) is 0 Å². The summed E-state index contributed by atoms with van der Waals surface area (Å²) < 4.78 is 52.9. The van der Waals surface area contributed by atoms with E-state index >= 15 is 0 Å². The third-order valence-corrected chi connectivity index (χ3v) is 4.90. The van der Waals surface area contributed by atoms with Crippen molar-refractivity contribution < 1.29 is 17.2 Å². The molecule has 0 aliphatic carbocycles. The number of aromatic amines is 1. The molecule has 0 spiro atoms. The fraction of sp³-hybridized carbons (Fsp3) is 0.154. The Hall–Kier alpha value is -2.13. The lowest BCUT2D eigenvalue weighted by atomic mass is 10.2. The Balaban J connectivity index is 2.01. The molecule has 23 heavy (non-hydrogen) atoms. The normalized spacial score (nSPS) is 12.2. The minimum Gasteiger partial charge on any atom is -0.360 e. The van der Waals surface area contributed by atoms with Gasteiger partial charge in [0.05, 0.1) is 17.6 Å². The van der Waals surface area contributed by atoms with Gasteiger partial charge in [-0.05, 0) is 25.1 Å². The first-order chi connectivity index (χ1) is 10.8. The van der Waals surface area contributed by atoms with Crippen molar-refractivity contribution in [1.82, 2.24) is 14.8 Å². The summed E-state index contributed by atoms with van der Waals surface area (Å²) in [7, 11) is -3.97. The Morgan fingerprint density at radius 3 is 2.78 bits per heavy atom. The third-order valence-electron chi connectivity index (χ3n) is 3.26. The summed E-state index contributed by atoms with van der Waals surface area (Å²) in [5.41, 5.74) is 0.697. The van der Waals surface area contributed by atoms with Crippen LogP contribution in [0.2, 0.25) is 5.02 Å². The summed E-state index contributed by atoms with van der Waals surface area (Å²) in [6.45, 7) is -1.41. The maximum Gasteiger partial charge on any atom is 0.333 e. The average Bonchev–Trinajstić information content (AvgIpc) is 3.03. The van der Waals surface area contributed by atoms with Gasteiger partial charge in [0, 0.05) is 22.1 Å². The maximum absolute atomic E-state index is 12.6. The monoisotopic (exact) mass is 360 g/mol. The Labute approximate surface area is 135 Å². The molecule has 0 unspecified atom stereocenters. The summed E-state index contributed by atoms with van der Waals surface area (Å²) in [5.74, 6) is 0. The predicted octanol–water partition coefficient (Wildman–Crippen LogP) is 3.52. The number of aromatic nitrogens is 3. The Kier molecular flexibility index (Phi) is 3.77. The molecule has 0 fully saturated rings. The second-order valence-corrected chi connectivity index (χ2v) is 6.92. The van der Waals surface area contributed by atoms with Gasteiger partial charge in [-0.15, -0.1) is 0 Å². The molecule has 3 aromatic rings. The molecule has 3 rings (SSSR count). The smallest absolute Gasteiger partial charge is 0.333 e. The molecule has 0 amide bonds. The predicted molar refractivity (Wildman–Crippen MR) is 82.3 cm³/mol. The van der Waals surface area contributed by atoms with E-state index < -0.39 is 16.6 Å². The molecule has 0 saturated heterocycles. The Morgan fingerprint density at radius 2 is 2.13 bits per heavy atom. The standard InChI is InChI=1S/C13H11ClF2N4O2S/c1-7-11(6-20(18-7)13(15)16)19-23(21,22)12-5-17-10-4-8(14)2-3-9(10)12/h2-6,13,17,19H,1H3. The first kappa shape index (κ1) is 15.8. The van der Waals surface area contributed by atoms with Crippen molar-refractivity contribution in [3.05, 3.63) is 41.3 Å². The first-order valence-corrected chi connectivity index (χ1v) is 8.27. The number of anilines is 1. The third kappa shape index (κ3) is 2.89. The second-order valence-electron chi connectivity index (χ2n) is 4.83. The maximum atomic E-state index is 12.6. The molecule has 2 heterocycles. The summed E-state index contributed by atoms with van der Waals surface area (Å²) in [6.07, 6.45) is 2.26. The fourth-order valence-corrected chi connectivity index (χ4v) is 3.63. The topological polar surface area (TPSA) is 79.8 Å². The number of aryl methyl sites for hydroxylation is 1. The second kappa shape index (κ2) is 5.50. The van der Waals surface area contributed by atoms with Crippen LogP contribution in [-0.2, 0) is 10.0 Å². The quantitative estimate of drug-likeness (QED) is 0.747. The lowest BCUT2D eigenvalue weighted by Crippen LogP contribution is -2.12. The van der Waals surface area contributed by atoms with Gasteiger partial charge in [0.25, 0.3) is 10.0 Å². The van der Waals surface area contributed by atoms with Crippen molar-refractivity contribution in [2.45, 2.75) is 18.4 Å². The highest BCUT2D eigenvalue weighted by molar-refractivity contribution is 7.93. The van der Waals surface area contributed by atoms with Crippen LogP contribution in [-0.4, -0.2) is 23.2 Å². The van der Waals surface area contributed by atoms with Gasteiger partial charge < -0.3 is 4.98 Å².